The van der Waals surface area contributed by atoms with Gasteiger partial charge in [-0.05, 0) is 38.1 Å². The van der Waals surface area contributed by atoms with Crippen LogP contribution in [-0.4, -0.2) is 17.7 Å². The molecule has 0 aromatic heterocycles. The van der Waals surface area contributed by atoms with E-state index < -0.39 is 11.4 Å². The Balaban J connectivity index is 2.57. The number of carbonyl (C=O) groups is 1. The molecule has 15 heavy (non-hydrogen) atoms. The Labute approximate surface area is 97.2 Å². The van der Waals surface area contributed by atoms with Crippen molar-refractivity contribution in [2.24, 2.45) is 5.41 Å². The molecule has 0 aliphatic carbocycles. The summed E-state index contributed by atoms with van der Waals surface area (Å²) in [4.78, 5) is 10.8. The zero-order chi connectivity index (χ0) is 11.5. The van der Waals surface area contributed by atoms with E-state index in [1.54, 1.807) is 26.0 Å². The van der Waals surface area contributed by atoms with Crippen molar-refractivity contribution < 1.29 is 14.6 Å². The van der Waals surface area contributed by atoms with E-state index in [2.05, 4.69) is 15.9 Å². The molecule has 0 saturated heterocycles. The standard InChI is InChI=1S/C11H13BrO3/c1-11(2,10(13)14)7-15-9-5-3-8(12)4-6-9/h3-6H,7H2,1-2H3,(H,13,14). The van der Waals surface area contributed by atoms with Crippen LogP contribution < -0.4 is 4.74 Å². The maximum atomic E-state index is 10.8. The van der Waals surface area contributed by atoms with Crippen molar-refractivity contribution in [2.45, 2.75) is 13.8 Å². The Morgan fingerprint density at radius 3 is 2.40 bits per heavy atom. The highest BCUT2D eigenvalue weighted by atomic mass is 79.9. The minimum absolute atomic E-state index is 0.157. The largest absolute Gasteiger partial charge is 0.492 e. The Kier molecular flexibility index (Phi) is 3.74. The van der Waals surface area contributed by atoms with Crippen LogP contribution in [-0.2, 0) is 4.79 Å². The average Bonchev–Trinajstić information content (AvgIpc) is 2.17. The van der Waals surface area contributed by atoms with E-state index in [1.807, 2.05) is 12.1 Å². The zero-order valence-corrected chi connectivity index (χ0v) is 10.2. The Hall–Kier alpha value is -1.03. The van der Waals surface area contributed by atoms with Gasteiger partial charge in [0.05, 0.1) is 5.41 Å². The fraction of sp³-hybridized carbons (Fsp3) is 0.364. The SMILES string of the molecule is CC(C)(COc1ccc(Br)cc1)C(=O)O. The molecule has 0 spiro atoms. The molecule has 0 unspecified atom stereocenters. The lowest BCUT2D eigenvalue weighted by Crippen LogP contribution is -2.30. The summed E-state index contributed by atoms with van der Waals surface area (Å²) < 4.78 is 6.35. The quantitative estimate of drug-likeness (QED) is 0.917. The minimum Gasteiger partial charge on any atom is -0.492 e. The maximum Gasteiger partial charge on any atom is 0.312 e. The number of hydrogen-bond acceptors (Lipinski definition) is 2. The fourth-order valence-electron chi connectivity index (χ4n) is 0.856. The molecule has 3 nitrogen and oxygen atoms in total. The molecule has 1 N–H and O–H groups in total. The van der Waals surface area contributed by atoms with Crippen LogP contribution in [0, 0.1) is 5.41 Å². The fourth-order valence-corrected chi connectivity index (χ4v) is 1.12. The lowest BCUT2D eigenvalue weighted by molar-refractivity contribution is -0.148. The second-order valence-corrected chi connectivity index (χ2v) is 4.85. The molecule has 0 fully saturated rings. The Bertz CT molecular complexity index is 343. The summed E-state index contributed by atoms with van der Waals surface area (Å²) in [6, 6.07) is 7.29. The van der Waals surface area contributed by atoms with Gasteiger partial charge in [-0.2, -0.15) is 0 Å². The first-order valence-corrected chi connectivity index (χ1v) is 5.33. The van der Waals surface area contributed by atoms with Gasteiger partial charge in [-0.15, -0.1) is 0 Å². The molecule has 0 saturated carbocycles. The van der Waals surface area contributed by atoms with E-state index in [9.17, 15) is 4.79 Å². The third kappa shape index (κ3) is 3.55. The summed E-state index contributed by atoms with van der Waals surface area (Å²) in [6.07, 6.45) is 0. The third-order valence-electron chi connectivity index (χ3n) is 1.99. The van der Waals surface area contributed by atoms with Crippen LogP contribution in [0.1, 0.15) is 13.8 Å². The number of ether oxygens (including phenoxy) is 1. The Morgan fingerprint density at radius 2 is 1.93 bits per heavy atom. The van der Waals surface area contributed by atoms with E-state index in [0.29, 0.717) is 5.75 Å². The maximum absolute atomic E-state index is 10.8. The van der Waals surface area contributed by atoms with Gasteiger partial charge in [0.1, 0.15) is 12.4 Å². The van der Waals surface area contributed by atoms with Gasteiger partial charge in [0.15, 0.2) is 0 Å². The molecule has 0 atom stereocenters. The van der Waals surface area contributed by atoms with Crippen molar-refractivity contribution in [3.63, 3.8) is 0 Å². The first-order chi connectivity index (χ1) is 6.92. The highest BCUT2D eigenvalue weighted by Crippen LogP contribution is 2.20. The van der Waals surface area contributed by atoms with Gasteiger partial charge >= 0.3 is 5.97 Å². The van der Waals surface area contributed by atoms with Crippen LogP contribution in [0.3, 0.4) is 0 Å². The van der Waals surface area contributed by atoms with Crippen molar-refractivity contribution in [3.05, 3.63) is 28.7 Å². The lowest BCUT2D eigenvalue weighted by atomic mass is 9.95. The Morgan fingerprint density at radius 1 is 1.40 bits per heavy atom. The smallest absolute Gasteiger partial charge is 0.312 e. The summed E-state index contributed by atoms with van der Waals surface area (Å²) in [5.74, 6) is -0.188. The molecule has 1 aromatic rings. The van der Waals surface area contributed by atoms with Crippen LogP contribution in [0.15, 0.2) is 28.7 Å². The molecule has 0 radical (unpaired) electrons. The molecule has 4 heteroatoms. The van der Waals surface area contributed by atoms with E-state index in [1.165, 1.54) is 0 Å². The lowest BCUT2D eigenvalue weighted by Gasteiger charge is -2.19. The second-order valence-electron chi connectivity index (χ2n) is 3.93. The van der Waals surface area contributed by atoms with Crippen LogP contribution in [0.2, 0.25) is 0 Å². The predicted octanol–water partition coefficient (Wildman–Crippen LogP) is 2.94. The van der Waals surface area contributed by atoms with Gasteiger partial charge in [-0.3, -0.25) is 4.79 Å². The van der Waals surface area contributed by atoms with Crippen molar-refractivity contribution >= 4 is 21.9 Å². The van der Waals surface area contributed by atoms with Crippen LogP contribution >= 0.6 is 15.9 Å². The number of halogens is 1. The molecular formula is C11H13BrO3. The molecule has 1 aromatic carbocycles. The van der Waals surface area contributed by atoms with Crippen LogP contribution in [0.25, 0.3) is 0 Å². The second kappa shape index (κ2) is 4.66. The topological polar surface area (TPSA) is 46.5 Å². The van der Waals surface area contributed by atoms with Gasteiger partial charge in [0.2, 0.25) is 0 Å². The normalized spacial score (nSPS) is 11.1. The van der Waals surface area contributed by atoms with Gasteiger partial charge in [0, 0.05) is 4.47 Å². The van der Waals surface area contributed by atoms with Crippen LogP contribution in [0.5, 0.6) is 5.75 Å². The molecule has 0 heterocycles. The third-order valence-corrected chi connectivity index (χ3v) is 2.52. The van der Waals surface area contributed by atoms with E-state index in [-0.39, 0.29) is 6.61 Å². The molecule has 0 amide bonds. The number of rotatable bonds is 4. The van der Waals surface area contributed by atoms with Crippen molar-refractivity contribution in [2.75, 3.05) is 6.61 Å². The number of aliphatic carboxylic acids is 1. The summed E-state index contributed by atoms with van der Waals surface area (Å²) in [5.41, 5.74) is -0.868. The van der Waals surface area contributed by atoms with Gasteiger partial charge in [0.25, 0.3) is 0 Å². The highest BCUT2D eigenvalue weighted by Gasteiger charge is 2.27. The van der Waals surface area contributed by atoms with Gasteiger partial charge in [-0.1, -0.05) is 15.9 Å². The predicted molar refractivity (Wildman–Crippen MR) is 61.1 cm³/mol. The molecule has 1 rings (SSSR count). The summed E-state index contributed by atoms with van der Waals surface area (Å²) in [5, 5.41) is 8.88. The molecule has 0 aliphatic rings. The highest BCUT2D eigenvalue weighted by molar-refractivity contribution is 9.10. The van der Waals surface area contributed by atoms with E-state index >= 15 is 0 Å². The number of benzene rings is 1. The van der Waals surface area contributed by atoms with E-state index in [0.717, 1.165) is 4.47 Å². The average molecular weight is 273 g/mol. The minimum atomic E-state index is -0.868. The molecular weight excluding hydrogens is 260 g/mol. The number of carboxylic acids is 1. The van der Waals surface area contributed by atoms with Crippen molar-refractivity contribution in [1.82, 2.24) is 0 Å². The monoisotopic (exact) mass is 272 g/mol. The number of carboxylic acid groups (broad SMARTS) is 1. The van der Waals surface area contributed by atoms with Crippen molar-refractivity contribution in [1.29, 1.82) is 0 Å². The van der Waals surface area contributed by atoms with Gasteiger partial charge < -0.3 is 9.84 Å². The summed E-state index contributed by atoms with van der Waals surface area (Å²) >= 11 is 3.31. The van der Waals surface area contributed by atoms with Crippen LogP contribution in [0.4, 0.5) is 0 Å². The number of hydrogen-bond donors (Lipinski definition) is 1. The van der Waals surface area contributed by atoms with E-state index in [4.69, 9.17) is 9.84 Å². The first kappa shape index (κ1) is 12.0. The summed E-state index contributed by atoms with van der Waals surface area (Å²) in [7, 11) is 0. The van der Waals surface area contributed by atoms with Gasteiger partial charge in [-0.25, -0.2) is 0 Å². The molecule has 0 bridgehead atoms. The molecule has 82 valence electrons. The summed E-state index contributed by atoms with van der Waals surface area (Å²) in [6.45, 7) is 3.42. The zero-order valence-electron chi connectivity index (χ0n) is 8.66. The first-order valence-electron chi connectivity index (χ1n) is 4.53. The molecule has 0 aliphatic heterocycles. The van der Waals surface area contributed by atoms with Crippen molar-refractivity contribution in [3.8, 4) is 5.75 Å².